The number of rotatable bonds is 5. The highest BCUT2D eigenvalue weighted by Gasteiger charge is 2.30. The Morgan fingerprint density at radius 3 is 2.53 bits per heavy atom. The maximum absolute atomic E-state index is 12.8. The third kappa shape index (κ3) is 3.99. The van der Waals surface area contributed by atoms with E-state index in [4.69, 9.17) is 0 Å². The molecule has 0 unspecified atom stereocenters. The van der Waals surface area contributed by atoms with Crippen molar-refractivity contribution in [3.8, 4) is 0 Å². The fourth-order valence-electron chi connectivity index (χ4n) is 2.93. The lowest BCUT2D eigenvalue weighted by atomic mass is 10.2. The summed E-state index contributed by atoms with van der Waals surface area (Å²) in [6.07, 6.45) is -4.51. The van der Waals surface area contributed by atoms with Crippen LogP contribution < -0.4 is 16.6 Å². The van der Waals surface area contributed by atoms with Crippen LogP contribution in [0.1, 0.15) is 12.5 Å². The molecule has 0 bridgehead atoms. The average Bonchev–Trinajstić information content (AvgIpc) is 3.07. The van der Waals surface area contributed by atoms with Gasteiger partial charge < -0.3 is 9.88 Å². The van der Waals surface area contributed by atoms with E-state index >= 15 is 0 Å². The number of fused-ring (bicyclic) bond motifs is 1. The van der Waals surface area contributed by atoms with E-state index in [1.165, 1.54) is 30.8 Å². The number of nitrogens with one attached hydrogen (secondary N) is 1. The fraction of sp³-hybridized carbons (Fsp3) is 0.333. The molecule has 0 saturated heterocycles. The molecule has 30 heavy (non-hydrogen) atoms. The van der Waals surface area contributed by atoms with Crippen molar-refractivity contribution in [2.45, 2.75) is 24.8 Å². The minimum Gasteiger partial charge on any atom is -0.325 e. The van der Waals surface area contributed by atoms with E-state index in [2.05, 4.69) is 10.3 Å². The molecule has 1 aromatic carbocycles. The van der Waals surface area contributed by atoms with Gasteiger partial charge in [-0.3, -0.25) is 18.7 Å². The van der Waals surface area contributed by atoms with Crippen molar-refractivity contribution in [1.29, 1.82) is 0 Å². The molecule has 0 spiro atoms. The number of amides is 1. The number of nitrogens with zero attached hydrogens (tertiary/aromatic N) is 4. The van der Waals surface area contributed by atoms with Crippen LogP contribution in [-0.4, -0.2) is 30.3 Å². The molecular formula is C18H18F3N5O3S. The number of hydrogen-bond donors (Lipinski definition) is 1. The van der Waals surface area contributed by atoms with Gasteiger partial charge in [-0.2, -0.15) is 13.2 Å². The van der Waals surface area contributed by atoms with Crippen molar-refractivity contribution in [2.24, 2.45) is 14.1 Å². The van der Waals surface area contributed by atoms with E-state index in [1.54, 1.807) is 11.5 Å². The van der Waals surface area contributed by atoms with Gasteiger partial charge in [-0.05, 0) is 25.1 Å². The second-order valence-electron chi connectivity index (χ2n) is 6.43. The number of imidazole rings is 1. The van der Waals surface area contributed by atoms with Crippen LogP contribution in [0.2, 0.25) is 0 Å². The Bertz CT molecular complexity index is 1240. The Morgan fingerprint density at radius 1 is 1.20 bits per heavy atom. The lowest BCUT2D eigenvalue weighted by Crippen LogP contribution is -2.37. The number of aromatic nitrogens is 4. The van der Waals surface area contributed by atoms with Gasteiger partial charge in [-0.15, -0.1) is 0 Å². The molecule has 0 aliphatic heterocycles. The summed E-state index contributed by atoms with van der Waals surface area (Å²) in [5.74, 6) is -0.677. The summed E-state index contributed by atoms with van der Waals surface area (Å²) < 4.78 is 42.2. The first-order valence-electron chi connectivity index (χ1n) is 8.80. The minimum absolute atomic E-state index is 0.0238. The van der Waals surface area contributed by atoms with Gasteiger partial charge in [0.2, 0.25) is 5.91 Å². The number of benzene rings is 1. The Balaban J connectivity index is 1.83. The summed E-state index contributed by atoms with van der Waals surface area (Å²) in [4.78, 5) is 41.2. The molecule has 2 heterocycles. The molecule has 2 aromatic heterocycles. The molecule has 8 nitrogen and oxygen atoms in total. The van der Waals surface area contributed by atoms with Crippen LogP contribution in [0.15, 0.2) is 39.0 Å². The van der Waals surface area contributed by atoms with E-state index in [1.807, 2.05) is 0 Å². The van der Waals surface area contributed by atoms with Crippen molar-refractivity contribution >= 4 is 34.5 Å². The summed E-state index contributed by atoms with van der Waals surface area (Å²) in [6.45, 7) is 2.17. The number of halogens is 3. The monoisotopic (exact) mass is 441 g/mol. The zero-order chi connectivity index (χ0) is 22.2. The maximum Gasteiger partial charge on any atom is 0.416 e. The molecule has 12 heteroatoms. The van der Waals surface area contributed by atoms with Gasteiger partial charge in [0.15, 0.2) is 16.3 Å². The first-order chi connectivity index (χ1) is 14.0. The van der Waals surface area contributed by atoms with Crippen molar-refractivity contribution in [3.63, 3.8) is 0 Å². The second kappa shape index (κ2) is 8.01. The van der Waals surface area contributed by atoms with Crippen molar-refractivity contribution in [2.75, 3.05) is 11.1 Å². The quantitative estimate of drug-likeness (QED) is 0.613. The summed E-state index contributed by atoms with van der Waals surface area (Å²) >= 11 is 1.02. The third-order valence-corrected chi connectivity index (χ3v) is 5.41. The number of carbonyl (C=O) groups excluding carboxylic acids is 1. The lowest BCUT2D eigenvalue weighted by Gasteiger charge is -2.10. The number of alkyl halides is 3. The van der Waals surface area contributed by atoms with Gasteiger partial charge in [0.05, 0.1) is 11.3 Å². The lowest BCUT2D eigenvalue weighted by molar-refractivity contribution is -0.137. The van der Waals surface area contributed by atoms with Gasteiger partial charge in [0.1, 0.15) is 0 Å². The summed E-state index contributed by atoms with van der Waals surface area (Å²) in [5, 5.41) is 2.77. The molecule has 1 amide bonds. The highest BCUT2D eigenvalue weighted by molar-refractivity contribution is 7.99. The molecule has 0 saturated carbocycles. The number of anilines is 1. The number of hydrogen-bond acceptors (Lipinski definition) is 5. The summed E-state index contributed by atoms with van der Waals surface area (Å²) in [7, 11) is 2.86. The van der Waals surface area contributed by atoms with Gasteiger partial charge in [-0.25, -0.2) is 9.78 Å². The van der Waals surface area contributed by atoms with Gasteiger partial charge in [-0.1, -0.05) is 17.8 Å². The topological polar surface area (TPSA) is 90.9 Å². The Hall–Kier alpha value is -3.02. The van der Waals surface area contributed by atoms with Crippen LogP contribution >= 0.6 is 11.8 Å². The first kappa shape index (κ1) is 21.7. The Kier molecular flexibility index (Phi) is 5.79. The minimum atomic E-state index is -4.51. The first-order valence-corrected chi connectivity index (χ1v) is 9.79. The number of aryl methyl sites for hydroxylation is 2. The van der Waals surface area contributed by atoms with E-state index in [0.29, 0.717) is 11.7 Å². The van der Waals surface area contributed by atoms with Crippen LogP contribution in [0, 0.1) is 0 Å². The molecular weight excluding hydrogens is 423 g/mol. The van der Waals surface area contributed by atoms with Crippen LogP contribution in [0.25, 0.3) is 11.2 Å². The van der Waals surface area contributed by atoms with Gasteiger partial charge in [0, 0.05) is 26.3 Å². The van der Waals surface area contributed by atoms with Crippen molar-refractivity contribution in [3.05, 3.63) is 50.7 Å². The second-order valence-corrected chi connectivity index (χ2v) is 7.37. The van der Waals surface area contributed by atoms with Crippen molar-refractivity contribution in [1.82, 2.24) is 18.7 Å². The molecule has 160 valence electrons. The smallest absolute Gasteiger partial charge is 0.325 e. The molecule has 0 fully saturated rings. The molecule has 0 aliphatic carbocycles. The zero-order valence-corrected chi connectivity index (χ0v) is 17.1. The summed E-state index contributed by atoms with van der Waals surface area (Å²) in [6, 6.07) is 4.33. The van der Waals surface area contributed by atoms with Gasteiger partial charge >= 0.3 is 11.9 Å². The van der Waals surface area contributed by atoms with E-state index in [0.717, 1.165) is 28.5 Å². The van der Waals surface area contributed by atoms with Crippen LogP contribution in [0.4, 0.5) is 18.9 Å². The summed E-state index contributed by atoms with van der Waals surface area (Å²) in [5.41, 5.74) is -1.42. The van der Waals surface area contributed by atoms with Gasteiger partial charge in [0.25, 0.3) is 5.56 Å². The largest absolute Gasteiger partial charge is 0.416 e. The Labute approximate surface area is 172 Å². The standard InChI is InChI=1S/C18H18F3N5O3S/c1-4-26-13-14(24(2)17(29)25(3)15(13)28)23-16(26)30-9-12(27)22-11-7-5-6-10(8-11)18(19,20)21/h5-8H,4,9H2,1-3H3,(H,22,27). The van der Waals surface area contributed by atoms with Crippen molar-refractivity contribution < 1.29 is 18.0 Å². The van der Waals surface area contributed by atoms with Crippen LogP contribution in [0.3, 0.4) is 0 Å². The van der Waals surface area contributed by atoms with E-state index < -0.39 is 28.9 Å². The molecule has 3 rings (SSSR count). The SMILES string of the molecule is CCn1c(SCC(=O)Nc2cccc(C(F)(F)F)c2)nc2c1c(=O)n(C)c(=O)n2C. The predicted octanol–water partition coefficient (Wildman–Crippen LogP) is 2.20. The molecule has 0 atom stereocenters. The van der Waals surface area contributed by atoms with Crippen LogP contribution in [0.5, 0.6) is 0 Å². The van der Waals surface area contributed by atoms with E-state index in [9.17, 15) is 27.6 Å². The molecule has 0 aliphatic rings. The number of thioether (sulfide) groups is 1. The molecule has 3 aromatic rings. The van der Waals surface area contributed by atoms with E-state index in [-0.39, 0.29) is 22.6 Å². The number of carbonyl (C=O) groups is 1. The zero-order valence-electron chi connectivity index (χ0n) is 16.3. The predicted molar refractivity (Wildman–Crippen MR) is 107 cm³/mol. The highest BCUT2D eigenvalue weighted by Crippen LogP contribution is 2.30. The molecule has 0 radical (unpaired) electrons. The van der Waals surface area contributed by atoms with Crippen LogP contribution in [-0.2, 0) is 31.6 Å². The fourth-order valence-corrected chi connectivity index (χ4v) is 3.79. The average molecular weight is 441 g/mol. The third-order valence-electron chi connectivity index (χ3n) is 4.44. The molecule has 1 N–H and O–H groups in total. The Morgan fingerprint density at radius 2 is 1.90 bits per heavy atom. The highest BCUT2D eigenvalue weighted by atomic mass is 32.2. The maximum atomic E-state index is 12.8. The normalized spacial score (nSPS) is 11.8.